The molecular weight excluding hydrogens is 492 g/mol. The van der Waals surface area contributed by atoms with Gasteiger partial charge in [-0.05, 0) is 33.7 Å². The number of ether oxygens (including phenoxy) is 3. The fourth-order valence-electron chi connectivity index (χ4n) is 6.77. The van der Waals surface area contributed by atoms with Crippen molar-refractivity contribution in [1.82, 2.24) is 9.80 Å². The van der Waals surface area contributed by atoms with Gasteiger partial charge in [0.2, 0.25) is 11.6 Å². The first-order valence-corrected chi connectivity index (χ1v) is 12.8. The smallest absolute Gasteiger partial charge is 0.305 e. The molecule has 0 radical (unpaired) electrons. The number of nitrogens with zero attached hydrogens (tertiary/aromatic N) is 2. The molecule has 0 aromatic rings. The van der Waals surface area contributed by atoms with Gasteiger partial charge in [0.05, 0.1) is 26.3 Å². The van der Waals surface area contributed by atoms with Gasteiger partial charge in [-0.1, -0.05) is 6.92 Å². The van der Waals surface area contributed by atoms with Crippen LogP contribution in [0.15, 0.2) is 45.0 Å². The predicted molar refractivity (Wildman–Crippen MR) is 134 cm³/mol. The zero-order chi connectivity index (χ0) is 27.6. The number of esters is 1. The highest BCUT2D eigenvalue weighted by molar-refractivity contribution is 6.26. The summed E-state index contributed by atoms with van der Waals surface area (Å²) in [6.07, 6.45) is 0.744. The number of hydrogen-bond donors (Lipinski definition) is 0. The minimum Gasteiger partial charge on any atom is -0.492 e. The van der Waals surface area contributed by atoms with Crippen molar-refractivity contribution in [3.8, 4) is 0 Å². The molecule has 0 aromatic carbocycles. The highest BCUT2D eigenvalue weighted by atomic mass is 16.5. The number of carbonyl (C=O) groups is 5. The average molecular weight is 525 g/mol. The molecular formula is C28H32N2O8. The summed E-state index contributed by atoms with van der Waals surface area (Å²) in [4.78, 5) is 70.4. The number of likely N-dealkylation sites (N-methyl/N-ethyl adjacent to an activating group) is 1. The standard InChI is InChI=1S/C28H32N2O8/c1-7-19(31)38-11-18-20-16(24(33)13(3)27(36-5)25(20)34)9-17-22-21-15(8-14(29(22)4)10-30(17)18)23(32)12(2)28(37-6)26(21)35/h14,17-18,22H,7-11H2,1-6H3/t14-,17+,18+,22-/m1/s1. The lowest BCUT2D eigenvalue weighted by molar-refractivity contribution is -0.146. The van der Waals surface area contributed by atoms with Gasteiger partial charge in [0, 0.05) is 58.5 Å². The third-order valence-electron chi connectivity index (χ3n) is 8.67. The highest BCUT2D eigenvalue weighted by Crippen LogP contribution is 2.47. The predicted octanol–water partition coefficient (Wildman–Crippen LogP) is 1.21. The molecule has 38 heavy (non-hydrogen) atoms. The van der Waals surface area contributed by atoms with Crippen LogP contribution in [0.5, 0.6) is 0 Å². The van der Waals surface area contributed by atoms with E-state index in [4.69, 9.17) is 14.2 Å². The second-order valence-corrected chi connectivity index (χ2v) is 10.4. The first-order chi connectivity index (χ1) is 18.1. The van der Waals surface area contributed by atoms with Crippen LogP contribution in [0, 0.1) is 0 Å². The summed E-state index contributed by atoms with van der Waals surface area (Å²) in [6, 6.07) is -1.73. The quantitative estimate of drug-likeness (QED) is 0.383. The molecule has 0 unspecified atom stereocenters. The normalized spacial score (nSPS) is 29.9. The fraction of sp³-hybridized carbons (Fsp3) is 0.536. The SMILES string of the molecule is CCC(=O)OC[C@H]1C2=C(C[C@H]3[C@@H]4C5=C(C[C@H](CN13)N4C)C(=O)C(C)=C(OC)C5=O)C(=O)C(C)=C(OC)C2=O. The lowest BCUT2D eigenvalue weighted by Crippen LogP contribution is -2.70. The van der Waals surface area contributed by atoms with E-state index in [1.54, 1.807) is 20.8 Å². The first-order valence-electron chi connectivity index (χ1n) is 12.8. The van der Waals surface area contributed by atoms with Gasteiger partial charge in [-0.2, -0.15) is 0 Å². The van der Waals surface area contributed by atoms with Crippen molar-refractivity contribution < 1.29 is 38.2 Å². The summed E-state index contributed by atoms with van der Waals surface area (Å²) in [5, 5.41) is 0. The van der Waals surface area contributed by atoms with E-state index in [0.717, 1.165) is 0 Å². The van der Waals surface area contributed by atoms with Gasteiger partial charge < -0.3 is 14.2 Å². The van der Waals surface area contributed by atoms with E-state index in [-0.39, 0.29) is 71.3 Å². The molecule has 3 aliphatic heterocycles. The number of Topliss-reactive ketones (excluding diaryl/α,β-unsaturated/α-hetero) is 4. The summed E-state index contributed by atoms with van der Waals surface area (Å²) in [6.45, 7) is 5.21. The monoisotopic (exact) mass is 524 g/mol. The van der Waals surface area contributed by atoms with Crippen molar-refractivity contribution in [3.05, 3.63) is 45.0 Å². The van der Waals surface area contributed by atoms with Gasteiger partial charge >= 0.3 is 5.97 Å². The van der Waals surface area contributed by atoms with Crippen molar-refractivity contribution >= 4 is 29.1 Å². The molecule has 1 saturated heterocycles. The molecule has 0 saturated carbocycles. The second-order valence-electron chi connectivity index (χ2n) is 10.4. The van der Waals surface area contributed by atoms with E-state index < -0.39 is 24.1 Å². The Bertz CT molecular complexity index is 1320. The second kappa shape index (κ2) is 9.43. The molecule has 3 heterocycles. The number of hydrogen-bond acceptors (Lipinski definition) is 10. The molecule has 5 rings (SSSR count). The Kier molecular flexibility index (Phi) is 6.51. The molecule has 0 N–H and O–H groups in total. The molecule has 2 aliphatic carbocycles. The van der Waals surface area contributed by atoms with Gasteiger partial charge in [0.1, 0.15) is 6.61 Å². The molecule has 0 amide bonds. The van der Waals surface area contributed by atoms with E-state index in [1.807, 2.05) is 7.05 Å². The summed E-state index contributed by atoms with van der Waals surface area (Å²) >= 11 is 0. The van der Waals surface area contributed by atoms with Gasteiger partial charge in [-0.3, -0.25) is 33.8 Å². The Morgan fingerprint density at radius 3 is 1.97 bits per heavy atom. The van der Waals surface area contributed by atoms with Crippen LogP contribution in [0.25, 0.3) is 0 Å². The zero-order valence-electron chi connectivity index (χ0n) is 22.5. The van der Waals surface area contributed by atoms with Crippen LogP contribution in [0.3, 0.4) is 0 Å². The van der Waals surface area contributed by atoms with Crippen molar-refractivity contribution in [2.24, 2.45) is 0 Å². The zero-order valence-corrected chi connectivity index (χ0v) is 22.5. The number of rotatable bonds is 5. The average Bonchev–Trinajstić information content (AvgIpc) is 2.89. The first kappa shape index (κ1) is 26.2. The van der Waals surface area contributed by atoms with Crippen molar-refractivity contribution in [2.75, 3.05) is 34.4 Å². The topological polar surface area (TPSA) is 120 Å². The van der Waals surface area contributed by atoms with Crippen molar-refractivity contribution in [3.63, 3.8) is 0 Å². The molecule has 5 aliphatic rings. The Hall–Kier alpha value is -3.37. The molecule has 0 spiro atoms. The third kappa shape index (κ3) is 3.57. The van der Waals surface area contributed by atoms with Gasteiger partial charge in [-0.25, -0.2) is 0 Å². The van der Waals surface area contributed by atoms with Gasteiger partial charge in [0.25, 0.3) is 0 Å². The third-order valence-corrected chi connectivity index (χ3v) is 8.67. The van der Waals surface area contributed by atoms with Gasteiger partial charge in [0.15, 0.2) is 23.1 Å². The van der Waals surface area contributed by atoms with Gasteiger partial charge in [-0.15, -0.1) is 0 Å². The lowest BCUT2D eigenvalue weighted by Gasteiger charge is -2.58. The number of allylic oxidation sites excluding steroid dienone is 4. The Morgan fingerprint density at radius 1 is 0.868 bits per heavy atom. The molecule has 1 fully saturated rings. The van der Waals surface area contributed by atoms with E-state index >= 15 is 0 Å². The molecule has 0 aromatic heterocycles. The van der Waals surface area contributed by atoms with Crippen LogP contribution >= 0.6 is 0 Å². The van der Waals surface area contributed by atoms with Crippen molar-refractivity contribution in [1.29, 1.82) is 0 Å². The molecule has 2 bridgehead atoms. The number of piperazine rings is 1. The number of methoxy groups -OCH3 is 2. The van der Waals surface area contributed by atoms with E-state index in [2.05, 4.69) is 9.80 Å². The van der Waals surface area contributed by atoms with E-state index in [9.17, 15) is 24.0 Å². The molecule has 4 atom stereocenters. The maximum absolute atomic E-state index is 13.7. The minimum absolute atomic E-state index is 0.00302. The molecule has 10 nitrogen and oxygen atoms in total. The van der Waals surface area contributed by atoms with Crippen LogP contribution in [0.2, 0.25) is 0 Å². The maximum atomic E-state index is 13.7. The van der Waals surface area contributed by atoms with Crippen LogP contribution in [0.4, 0.5) is 0 Å². The summed E-state index contributed by atoms with van der Waals surface area (Å²) in [5.74, 6) is -1.58. The maximum Gasteiger partial charge on any atom is 0.305 e. The van der Waals surface area contributed by atoms with E-state index in [0.29, 0.717) is 35.3 Å². The molecule has 10 heteroatoms. The Morgan fingerprint density at radius 2 is 1.42 bits per heavy atom. The number of fused-ring (bicyclic) bond motifs is 5. The minimum atomic E-state index is -0.691. The van der Waals surface area contributed by atoms with Crippen LogP contribution < -0.4 is 0 Å². The number of carbonyl (C=O) groups excluding carboxylic acids is 5. The van der Waals surface area contributed by atoms with E-state index in [1.165, 1.54) is 14.2 Å². The lowest BCUT2D eigenvalue weighted by atomic mass is 9.69. The number of ketones is 4. The highest BCUT2D eigenvalue weighted by Gasteiger charge is 2.56. The van der Waals surface area contributed by atoms with Crippen LogP contribution in [-0.2, 0) is 38.2 Å². The summed E-state index contributed by atoms with van der Waals surface area (Å²) in [5.41, 5.74) is 2.05. The Labute approximate surface area is 220 Å². The van der Waals surface area contributed by atoms with Crippen LogP contribution in [0.1, 0.15) is 40.0 Å². The Balaban J connectivity index is 1.65. The van der Waals surface area contributed by atoms with Crippen LogP contribution in [-0.4, -0.2) is 97.5 Å². The fourth-order valence-corrected chi connectivity index (χ4v) is 6.77. The van der Waals surface area contributed by atoms with Crippen molar-refractivity contribution in [2.45, 2.75) is 64.2 Å². The largest absolute Gasteiger partial charge is 0.492 e. The summed E-state index contributed by atoms with van der Waals surface area (Å²) < 4.78 is 16.2. The summed E-state index contributed by atoms with van der Waals surface area (Å²) in [7, 11) is 4.66. The molecule has 202 valence electrons.